The van der Waals surface area contributed by atoms with Gasteiger partial charge in [-0.15, -0.1) is 0 Å². The van der Waals surface area contributed by atoms with Crippen molar-refractivity contribution in [1.29, 1.82) is 0 Å². The van der Waals surface area contributed by atoms with Crippen LogP contribution in [0.2, 0.25) is 0 Å². The molecule has 1 aliphatic carbocycles. The average molecular weight is 465 g/mol. The molecule has 2 aromatic heterocycles. The lowest BCUT2D eigenvalue weighted by atomic mass is 10.0. The molecule has 1 saturated carbocycles. The Morgan fingerprint density at radius 2 is 1.94 bits per heavy atom. The maximum absolute atomic E-state index is 14.0. The highest BCUT2D eigenvalue weighted by molar-refractivity contribution is 6.09. The van der Waals surface area contributed by atoms with Gasteiger partial charge in [-0.05, 0) is 56.7 Å². The number of nitrogens with zero attached hydrogens (tertiary/aromatic N) is 2. The van der Waals surface area contributed by atoms with Crippen LogP contribution in [0.5, 0.6) is 5.75 Å². The molecule has 2 N–H and O–H groups in total. The summed E-state index contributed by atoms with van der Waals surface area (Å²) in [6.45, 7) is 5.28. The molecule has 0 atom stereocenters. The van der Waals surface area contributed by atoms with Crippen molar-refractivity contribution in [3.05, 3.63) is 47.5 Å². The number of ether oxygens (including phenoxy) is 1. The predicted octanol–water partition coefficient (Wildman–Crippen LogP) is 4.21. The molecule has 0 unspecified atom stereocenters. The molecule has 0 radical (unpaired) electrons. The van der Waals surface area contributed by atoms with Crippen LogP contribution in [0.25, 0.3) is 22.2 Å². The second kappa shape index (κ2) is 9.08. The fourth-order valence-corrected chi connectivity index (χ4v) is 4.63. The van der Waals surface area contributed by atoms with Crippen LogP contribution >= 0.6 is 0 Å². The minimum Gasteiger partial charge on any atom is -0.493 e. The summed E-state index contributed by atoms with van der Waals surface area (Å²) in [5.41, 5.74) is 4.10. The first-order valence-electron chi connectivity index (χ1n) is 11.9. The Labute approximate surface area is 197 Å². The molecule has 5 rings (SSSR count). The van der Waals surface area contributed by atoms with Crippen molar-refractivity contribution in [3.63, 3.8) is 0 Å². The third-order valence-electron chi connectivity index (χ3n) is 6.78. The first kappa shape index (κ1) is 22.4. The van der Waals surface area contributed by atoms with Crippen LogP contribution in [0.4, 0.5) is 4.39 Å². The van der Waals surface area contributed by atoms with Crippen LogP contribution in [0.3, 0.4) is 0 Å². The smallest absolute Gasteiger partial charge is 0.255 e. The molecule has 1 aromatic carbocycles. The van der Waals surface area contributed by atoms with Crippen molar-refractivity contribution in [1.82, 2.24) is 20.2 Å². The summed E-state index contributed by atoms with van der Waals surface area (Å²) in [4.78, 5) is 34.5. The van der Waals surface area contributed by atoms with Gasteiger partial charge in [0.2, 0.25) is 5.91 Å². The van der Waals surface area contributed by atoms with Crippen LogP contribution in [-0.4, -0.2) is 52.4 Å². The van der Waals surface area contributed by atoms with Gasteiger partial charge in [0.1, 0.15) is 17.1 Å². The summed E-state index contributed by atoms with van der Waals surface area (Å²) in [7, 11) is 0. The molecule has 2 amide bonds. The number of benzene rings is 1. The molecule has 7 nitrogen and oxygen atoms in total. The molecule has 1 aliphatic heterocycles. The van der Waals surface area contributed by atoms with E-state index in [4.69, 9.17) is 4.74 Å². The number of hydrogen-bond acceptors (Lipinski definition) is 4. The zero-order valence-corrected chi connectivity index (χ0v) is 19.5. The molecule has 3 heterocycles. The summed E-state index contributed by atoms with van der Waals surface area (Å²) in [5.74, 6) is 0.571. The number of carbonyl (C=O) groups excluding carboxylic acids is 2. The molecule has 3 aromatic rings. The molecule has 2 fully saturated rings. The highest BCUT2D eigenvalue weighted by Gasteiger charge is 2.26. The zero-order chi connectivity index (χ0) is 23.8. The van der Waals surface area contributed by atoms with Gasteiger partial charge < -0.3 is 19.9 Å². The monoisotopic (exact) mass is 464 g/mol. The van der Waals surface area contributed by atoms with Gasteiger partial charge in [-0.1, -0.05) is 0 Å². The Morgan fingerprint density at radius 3 is 2.65 bits per heavy atom. The number of halogens is 1. The molecule has 8 heteroatoms. The highest BCUT2D eigenvalue weighted by atomic mass is 19.1. The number of carbonyl (C=O) groups is 2. The summed E-state index contributed by atoms with van der Waals surface area (Å²) in [6.07, 6.45) is 5.41. The lowest BCUT2D eigenvalue weighted by Gasteiger charge is -2.31. The normalized spacial score (nSPS) is 16.6. The molecule has 34 heavy (non-hydrogen) atoms. The maximum atomic E-state index is 14.0. The number of hydrogen-bond donors (Lipinski definition) is 2. The summed E-state index contributed by atoms with van der Waals surface area (Å²) >= 11 is 0. The van der Waals surface area contributed by atoms with E-state index in [-0.39, 0.29) is 23.7 Å². The third kappa shape index (κ3) is 4.49. The second-order valence-corrected chi connectivity index (χ2v) is 9.36. The SMILES string of the molecule is CC(=O)N1CCC(NC(=O)c2c(C)[nH]c3c(-c4ccc(F)cc4OCC4CC4)ccnc23)CC1. The van der Waals surface area contributed by atoms with Gasteiger partial charge in [-0.3, -0.25) is 14.6 Å². The number of aryl methyl sites for hydroxylation is 1. The highest BCUT2D eigenvalue weighted by Crippen LogP contribution is 2.38. The number of pyridine rings is 1. The number of rotatable bonds is 6. The second-order valence-electron chi connectivity index (χ2n) is 9.36. The summed E-state index contributed by atoms with van der Waals surface area (Å²) in [6, 6.07) is 6.42. The molecular formula is C26H29FN4O3. The van der Waals surface area contributed by atoms with E-state index < -0.39 is 0 Å². The lowest BCUT2D eigenvalue weighted by molar-refractivity contribution is -0.129. The van der Waals surface area contributed by atoms with Crippen molar-refractivity contribution in [2.75, 3.05) is 19.7 Å². The number of H-pyrrole nitrogens is 1. The molecule has 1 saturated heterocycles. The number of fused-ring (bicyclic) bond motifs is 1. The van der Waals surface area contributed by atoms with Gasteiger partial charge in [0.15, 0.2) is 0 Å². The van der Waals surface area contributed by atoms with Gasteiger partial charge in [-0.2, -0.15) is 0 Å². The van der Waals surface area contributed by atoms with Crippen LogP contribution in [0.1, 0.15) is 48.7 Å². The van der Waals surface area contributed by atoms with E-state index in [1.165, 1.54) is 12.1 Å². The topological polar surface area (TPSA) is 87.3 Å². The Hall–Kier alpha value is -3.42. The fraction of sp³-hybridized carbons (Fsp3) is 0.423. The number of amides is 2. The van der Waals surface area contributed by atoms with Gasteiger partial charge in [0.05, 0.1) is 17.7 Å². The standard InChI is InChI=1S/C26H29FN4O3/c1-15-23(26(33)30-19-8-11-31(12-9-19)16(2)32)25-24(29-15)21(7-10-28-25)20-6-5-18(27)13-22(20)34-14-17-3-4-17/h5-7,10,13,17,19,29H,3-4,8-9,11-12,14H2,1-2H3,(H,30,33). The van der Waals surface area contributed by atoms with Crippen LogP contribution in [0, 0.1) is 18.7 Å². The molecule has 178 valence electrons. The van der Waals surface area contributed by atoms with E-state index in [1.807, 2.05) is 13.0 Å². The summed E-state index contributed by atoms with van der Waals surface area (Å²) in [5, 5.41) is 3.12. The fourth-order valence-electron chi connectivity index (χ4n) is 4.63. The van der Waals surface area contributed by atoms with E-state index in [9.17, 15) is 14.0 Å². The zero-order valence-electron chi connectivity index (χ0n) is 19.5. The molecule has 2 aliphatic rings. The number of likely N-dealkylation sites (tertiary alicyclic amines) is 1. The number of piperidine rings is 1. The Kier molecular flexibility index (Phi) is 5.98. The average Bonchev–Trinajstić information content (AvgIpc) is 3.58. The summed E-state index contributed by atoms with van der Waals surface area (Å²) < 4.78 is 20.0. The molecule has 0 bridgehead atoms. The van der Waals surface area contributed by atoms with E-state index in [0.29, 0.717) is 42.4 Å². The minimum absolute atomic E-state index is 0.00941. The van der Waals surface area contributed by atoms with Crippen molar-refractivity contribution in [2.24, 2.45) is 5.92 Å². The lowest BCUT2D eigenvalue weighted by Crippen LogP contribution is -2.46. The van der Waals surface area contributed by atoms with Gasteiger partial charge in [0, 0.05) is 55.1 Å². The third-order valence-corrected chi connectivity index (χ3v) is 6.78. The van der Waals surface area contributed by atoms with Crippen molar-refractivity contribution in [3.8, 4) is 16.9 Å². The Bertz CT molecular complexity index is 1240. The van der Waals surface area contributed by atoms with E-state index in [2.05, 4.69) is 15.3 Å². The van der Waals surface area contributed by atoms with Crippen LogP contribution in [-0.2, 0) is 4.79 Å². The Balaban J connectivity index is 1.43. The van der Waals surface area contributed by atoms with Gasteiger partial charge in [-0.25, -0.2) is 4.39 Å². The van der Waals surface area contributed by atoms with Crippen molar-refractivity contribution < 1.29 is 18.7 Å². The van der Waals surface area contributed by atoms with E-state index in [0.717, 1.165) is 48.0 Å². The van der Waals surface area contributed by atoms with E-state index >= 15 is 0 Å². The first-order chi connectivity index (χ1) is 16.4. The maximum Gasteiger partial charge on any atom is 0.255 e. The quantitative estimate of drug-likeness (QED) is 0.572. The van der Waals surface area contributed by atoms with Gasteiger partial charge >= 0.3 is 0 Å². The first-order valence-corrected chi connectivity index (χ1v) is 11.9. The van der Waals surface area contributed by atoms with Crippen LogP contribution < -0.4 is 10.1 Å². The molecular weight excluding hydrogens is 435 g/mol. The van der Waals surface area contributed by atoms with E-state index in [1.54, 1.807) is 24.1 Å². The van der Waals surface area contributed by atoms with Crippen molar-refractivity contribution >= 4 is 22.8 Å². The Morgan fingerprint density at radius 1 is 1.18 bits per heavy atom. The largest absolute Gasteiger partial charge is 0.493 e. The molecule has 0 spiro atoms. The van der Waals surface area contributed by atoms with Crippen molar-refractivity contribution in [2.45, 2.75) is 45.6 Å². The number of aromatic amines is 1. The number of nitrogens with one attached hydrogen (secondary N) is 2. The van der Waals surface area contributed by atoms with Crippen LogP contribution in [0.15, 0.2) is 30.5 Å². The minimum atomic E-state index is -0.349. The van der Waals surface area contributed by atoms with Gasteiger partial charge in [0.25, 0.3) is 5.91 Å². The number of aromatic nitrogens is 2. The predicted molar refractivity (Wildman–Crippen MR) is 127 cm³/mol.